The summed E-state index contributed by atoms with van der Waals surface area (Å²) in [6.45, 7) is 1.78. The summed E-state index contributed by atoms with van der Waals surface area (Å²) in [7, 11) is -3.81. The Kier molecular flexibility index (Phi) is 5.95. The summed E-state index contributed by atoms with van der Waals surface area (Å²) in [5.74, 6) is 1.88. The average molecular weight is 450 g/mol. The highest BCUT2D eigenvalue weighted by Crippen LogP contribution is 2.22. The lowest BCUT2D eigenvalue weighted by atomic mass is 10.3. The fourth-order valence-electron chi connectivity index (χ4n) is 2.86. The van der Waals surface area contributed by atoms with Gasteiger partial charge in [-0.15, -0.1) is 0 Å². The maximum Gasteiger partial charge on any atom is 0.261 e. The normalized spacial score (nSPS) is 11.1. The van der Waals surface area contributed by atoms with Crippen LogP contribution in [-0.4, -0.2) is 23.4 Å². The van der Waals surface area contributed by atoms with Crippen LogP contribution in [-0.2, 0) is 10.0 Å². The van der Waals surface area contributed by atoms with Crippen molar-refractivity contribution in [2.24, 2.45) is 0 Å². The van der Waals surface area contributed by atoms with Gasteiger partial charge < -0.3 is 10.6 Å². The van der Waals surface area contributed by atoms with Gasteiger partial charge in [0.1, 0.15) is 29.1 Å². The maximum absolute atomic E-state index is 13.0. The number of halogens is 1. The molecule has 0 atom stereocenters. The van der Waals surface area contributed by atoms with Crippen molar-refractivity contribution in [3.63, 3.8) is 0 Å². The van der Waals surface area contributed by atoms with E-state index in [1.165, 1.54) is 12.1 Å². The number of aromatic nitrogens is 3. The zero-order valence-corrected chi connectivity index (χ0v) is 17.8. The molecule has 0 fully saturated rings. The van der Waals surface area contributed by atoms with E-state index in [0.717, 1.165) is 12.1 Å². The quantitative estimate of drug-likeness (QED) is 0.377. The zero-order chi connectivity index (χ0) is 22.6. The topological polar surface area (TPSA) is 109 Å². The summed E-state index contributed by atoms with van der Waals surface area (Å²) in [5, 5.41) is 6.29. The Morgan fingerprint density at radius 1 is 0.781 bits per heavy atom. The highest BCUT2D eigenvalue weighted by Gasteiger charge is 2.14. The number of aryl methyl sites for hydroxylation is 1. The number of rotatable bonds is 7. The molecule has 8 nitrogen and oxygen atoms in total. The summed E-state index contributed by atoms with van der Waals surface area (Å²) in [4.78, 5) is 12.9. The summed E-state index contributed by atoms with van der Waals surface area (Å²) >= 11 is 0. The van der Waals surface area contributed by atoms with Gasteiger partial charge in [-0.05, 0) is 67.6 Å². The molecule has 2 aromatic carbocycles. The van der Waals surface area contributed by atoms with Gasteiger partial charge in [0, 0.05) is 23.6 Å². The molecule has 162 valence electrons. The van der Waals surface area contributed by atoms with E-state index in [9.17, 15) is 12.8 Å². The molecule has 0 saturated carbocycles. The van der Waals surface area contributed by atoms with Crippen LogP contribution in [0.2, 0.25) is 0 Å². The lowest BCUT2D eigenvalue weighted by Gasteiger charge is -2.11. The number of benzene rings is 2. The molecule has 3 N–H and O–H groups in total. The van der Waals surface area contributed by atoms with Crippen molar-refractivity contribution in [2.45, 2.75) is 11.8 Å². The van der Waals surface area contributed by atoms with E-state index in [-0.39, 0.29) is 4.90 Å². The fourth-order valence-corrected chi connectivity index (χ4v) is 3.92. The van der Waals surface area contributed by atoms with Gasteiger partial charge in [-0.25, -0.2) is 27.8 Å². The molecule has 0 unspecified atom stereocenters. The van der Waals surface area contributed by atoms with Crippen LogP contribution < -0.4 is 15.4 Å². The molecule has 2 aromatic heterocycles. The molecule has 0 radical (unpaired) electrons. The van der Waals surface area contributed by atoms with Gasteiger partial charge in [0.15, 0.2) is 0 Å². The molecule has 0 amide bonds. The van der Waals surface area contributed by atoms with Crippen LogP contribution in [0.4, 0.5) is 33.2 Å². The van der Waals surface area contributed by atoms with Crippen molar-refractivity contribution in [1.82, 2.24) is 15.0 Å². The van der Waals surface area contributed by atoms with E-state index in [4.69, 9.17) is 0 Å². The molecule has 10 heteroatoms. The Balaban J connectivity index is 1.46. The minimum atomic E-state index is -3.81. The monoisotopic (exact) mass is 450 g/mol. The van der Waals surface area contributed by atoms with Crippen molar-refractivity contribution in [3.05, 3.63) is 90.6 Å². The third kappa shape index (κ3) is 5.35. The number of pyridine rings is 1. The molecule has 0 aliphatic rings. The van der Waals surface area contributed by atoms with Crippen LogP contribution in [0.5, 0.6) is 0 Å². The third-order valence-electron chi connectivity index (χ3n) is 4.29. The zero-order valence-electron chi connectivity index (χ0n) is 16.9. The van der Waals surface area contributed by atoms with Gasteiger partial charge >= 0.3 is 0 Å². The van der Waals surface area contributed by atoms with Crippen LogP contribution in [0.1, 0.15) is 5.82 Å². The Morgan fingerprint density at radius 2 is 1.44 bits per heavy atom. The molecule has 32 heavy (non-hydrogen) atoms. The smallest absolute Gasteiger partial charge is 0.261 e. The van der Waals surface area contributed by atoms with E-state index < -0.39 is 15.8 Å². The van der Waals surface area contributed by atoms with Crippen LogP contribution >= 0.6 is 0 Å². The first kappa shape index (κ1) is 21.2. The van der Waals surface area contributed by atoms with Gasteiger partial charge in [-0.3, -0.25) is 4.72 Å². The summed E-state index contributed by atoms with van der Waals surface area (Å²) < 4.78 is 40.4. The molecule has 2 heterocycles. The van der Waals surface area contributed by atoms with Crippen LogP contribution in [0.15, 0.2) is 83.9 Å². The molecule has 0 saturated heterocycles. The average Bonchev–Trinajstić information content (AvgIpc) is 2.75. The summed E-state index contributed by atoms with van der Waals surface area (Å²) in [5.41, 5.74) is 1.08. The van der Waals surface area contributed by atoms with Crippen molar-refractivity contribution >= 4 is 38.9 Å². The van der Waals surface area contributed by atoms with Gasteiger partial charge in [-0.1, -0.05) is 6.07 Å². The number of sulfonamides is 1. The fraction of sp³-hybridized carbons (Fsp3) is 0.0455. The van der Waals surface area contributed by atoms with Gasteiger partial charge in [0.2, 0.25) is 0 Å². The minimum absolute atomic E-state index is 0.0227. The molecule has 0 bridgehead atoms. The molecule has 4 rings (SSSR count). The van der Waals surface area contributed by atoms with Gasteiger partial charge in [0.05, 0.1) is 4.90 Å². The lowest BCUT2D eigenvalue weighted by molar-refractivity contribution is 0.599. The maximum atomic E-state index is 13.0. The number of nitrogens with one attached hydrogen (secondary N) is 3. The second kappa shape index (κ2) is 8.98. The van der Waals surface area contributed by atoms with E-state index in [0.29, 0.717) is 34.7 Å². The molecule has 0 aliphatic heterocycles. The summed E-state index contributed by atoms with van der Waals surface area (Å²) in [6.07, 6.45) is 1.68. The molecular weight excluding hydrogens is 431 g/mol. The van der Waals surface area contributed by atoms with Crippen LogP contribution in [0.25, 0.3) is 0 Å². The van der Waals surface area contributed by atoms with Crippen LogP contribution in [0.3, 0.4) is 0 Å². The first-order valence-electron chi connectivity index (χ1n) is 9.57. The van der Waals surface area contributed by atoms with Crippen LogP contribution in [0, 0.1) is 12.7 Å². The first-order valence-corrected chi connectivity index (χ1v) is 11.0. The number of anilines is 5. The van der Waals surface area contributed by atoms with E-state index >= 15 is 0 Å². The Morgan fingerprint density at radius 3 is 2.09 bits per heavy atom. The molecule has 0 aliphatic carbocycles. The predicted octanol–water partition coefficient (Wildman–Crippen LogP) is 4.61. The number of nitrogens with zero attached hydrogens (tertiary/aromatic N) is 3. The molecular formula is C22H19FN6O2S. The highest BCUT2D eigenvalue weighted by molar-refractivity contribution is 7.92. The standard InChI is InChI=1S/C22H19FN6O2S/c1-15-25-21(14-22(26-15)28-20-4-2-3-13-24-20)27-17-7-9-18(10-8-17)29-32(30,31)19-11-5-16(23)6-12-19/h2-14,29H,1H3,(H2,24,25,26,27,28). The number of hydrogen-bond acceptors (Lipinski definition) is 7. The second-order valence-corrected chi connectivity index (χ2v) is 8.47. The largest absolute Gasteiger partial charge is 0.340 e. The lowest BCUT2D eigenvalue weighted by Crippen LogP contribution is -2.12. The van der Waals surface area contributed by atoms with Crippen molar-refractivity contribution < 1.29 is 12.8 Å². The molecule has 4 aromatic rings. The van der Waals surface area contributed by atoms with Crippen molar-refractivity contribution in [1.29, 1.82) is 0 Å². The number of hydrogen-bond donors (Lipinski definition) is 3. The second-order valence-electron chi connectivity index (χ2n) is 6.79. The Hall–Kier alpha value is -4.05. The van der Waals surface area contributed by atoms with Gasteiger partial charge in [0.25, 0.3) is 10.0 Å². The predicted molar refractivity (Wildman–Crippen MR) is 121 cm³/mol. The van der Waals surface area contributed by atoms with Crippen molar-refractivity contribution in [3.8, 4) is 0 Å². The van der Waals surface area contributed by atoms with Gasteiger partial charge in [-0.2, -0.15) is 0 Å². The SMILES string of the molecule is Cc1nc(Nc2ccc(NS(=O)(=O)c3ccc(F)cc3)cc2)cc(Nc2ccccn2)n1. The summed E-state index contributed by atoms with van der Waals surface area (Å²) in [6, 6.07) is 18.5. The van der Waals surface area contributed by atoms with Crippen molar-refractivity contribution in [2.75, 3.05) is 15.4 Å². The highest BCUT2D eigenvalue weighted by atomic mass is 32.2. The third-order valence-corrected chi connectivity index (χ3v) is 5.69. The minimum Gasteiger partial charge on any atom is -0.340 e. The Bertz CT molecular complexity index is 1320. The van der Waals surface area contributed by atoms with E-state index in [1.807, 2.05) is 18.2 Å². The van der Waals surface area contributed by atoms with E-state index in [2.05, 4.69) is 30.3 Å². The van der Waals surface area contributed by atoms with E-state index in [1.54, 1.807) is 43.5 Å². The first-order chi connectivity index (χ1) is 15.4. The Labute approximate surface area is 184 Å². The molecule has 0 spiro atoms.